The summed E-state index contributed by atoms with van der Waals surface area (Å²) in [6.45, 7) is 1.70. The molecule has 0 spiro atoms. The summed E-state index contributed by atoms with van der Waals surface area (Å²) in [5, 5.41) is 16.7. The first kappa shape index (κ1) is 18.0. The number of aromatic nitrogens is 1. The molecule has 3 heterocycles. The first-order valence-corrected chi connectivity index (χ1v) is 9.31. The second-order valence-corrected chi connectivity index (χ2v) is 7.19. The highest BCUT2D eigenvalue weighted by Gasteiger charge is 2.48. The van der Waals surface area contributed by atoms with E-state index in [1.54, 1.807) is 43.3 Å². The zero-order valence-corrected chi connectivity index (χ0v) is 15.9. The van der Waals surface area contributed by atoms with Crippen LogP contribution in [-0.4, -0.2) is 29.1 Å². The number of Topliss-reactive ketones (excluding diaryl/α,β-unsaturated/α-hetero) is 1. The summed E-state index contributed by atoms with van der Waals surface area (Å²) < 4.78 is 10.3. The third-order valence-electron chi connectivity index (χ3n) is 4.46. The van der Waals surface area contributed by atoms with Gasteiger partial charge in [0.2, 0.25) is 0 Å². The van der Waals surface area contributed by atoms with Crippen molar-refractivity contribution in [3.63, 3.8) is 0 Å². The Morgan fingerprint density at radius 2 is 2.07 bits per heavy atom. The molecule has 1 atom stereocenters. The van der Waals surface area contributed by atoms with Gasteiger partial charge in [-0.25, -0.2) is 0 Å². The number of hydrogen-bond acceptors (Lipinski definition) is 7. The number of aliphatic hydroxyl groups is 1. The highest BCUT2D eigenvalue weighted by molar-refractivity contribution is 7.10. The van der Waals surface area contributed by atoms with Crippen molar-refractivity contribution >= 4 is 34.6 Å². The average molecular weight is 396 g/mol. The zero-order valence-electron chi connectivity index (χ0n) is 15.1. The van der Waals surface area contributed by atoms with Gasteiger partial charge in [0.1, 0.15) is 23.3 Å². The minimum Gasteiger partial charge on any atom is -0.507 e. The molecule has 1 saturated heterocycles. The molecule has 0 radical (unpaired) electrons. The lowest BCUT2D eigenvalue weighted by atomic mass is 10.00. The van der Waals surface area contributed by atoms with E-state index in [0.29, 0.717) is 17.1 Å². The Bertz CT molecular complexity index is 1080. The van der Waals surface area contributed by atoms with Crippen LogP contribution >= 0.6 is 11.3 Å². The molecule has 142 valence electrons. The summed E-state index contributed by atoms with van der Waals surface area (Å²) in [6.07, 6.45) is 0. The van der Waals surface area contributed by atoms with E-state index in [-0.39, 0.29) is 17.2 Å². The van der Waals surface area contributed by atoms with Gasteiger partial charge >= 0.3 is 5.91 Å². The standard InChI is InChI=1S/C20H16N2O5S/c1-11-9-15(21-27-11)22-17(14-7-4-8-28-14)16(19(24)20(22)25)18(23)12-5-3-6-13(10-12)26-2/h3-10,17,23H,1-2H3/b18-16+/t17-/m0/s1. The monoisotopic (exact) mass is 396 g/mol. The van der Waals surface area contributed by atoms with E-state index in [1.165, 1.54) is 23.3 Å². The van der Waals surface area contributed by atoms with Crippen LogP contribution < -0.4 is 9.64 Å². The van der Waals surface area contributed by atoms with Gasteiger partial charge in [0, 0.05) is 16.5 Å². The molecule has 1 aromatic carbocycles. The van der Waals surface area contributed by atoms with E-state index in [0.717, 1.165) is 4.88 Å². The summed E-state index contributed by atoms with van der Waals surface area (Å²) >= 11 is 1.38. The number of aryl methyl sites for hydroxylation is 1. The van der Waals surface area contributed by atoms with E-state index in [4.69, 9.17) is 9.26 Å². The van der Waals surface area contributed by atoms with Gasteiger partial charge in [-0.15, -0.1) is 11.3 Å². The Hall–Kier alpha value is -3.39. The maximum absolute atomic E-state index is 12.9. The Kier molecular flexibility index (Phi) is 4.48. The van der Waals surface area contributed by atoms with E-state index in [1.807, 2.05) is 11.4 Å². The summed E-state index contributed by atoms with van der Waals surface area (Å²) in [4.78, 5) is 27.7. The number of amides is 1. The molecule has 0 bridgehead atoms. The molecule has 8 heteroatoms. The van der Waals surface area contributed by atoms with Gasteiger partial charge in [-0.2, -0.15) is 0 Å². The average Bonchev–Trinajstić information content (AvgIpc) is 3.42. The van der Waals surface area contributed by atoms with Crippen molar-refractivity contribution in [2.45, 2.75) is 13.0 Å². The number of anilines is 1. The van der Waals surface area contributed by atoms with Crippen LogP contribution in [0.15, 0.2) is 57.9 Å². The summed E-state index contributed by atoms with van der Waals surface area (Å²) in [7, 11) is 1.51. The lowest BCUT2D eigenvalue weighted by molar-refractivity contribution is -0.132. The molecule has 4 rings (SSSR count). The van der Waals surface area contributed by atoms with Gasteiger partial charge in [-0.3, -0.25) is 14.5 Å². The second-order valence-electron chi connectivity index (χ2n) is 6.21. The van der Waals surface area contributed by atoms with E-state index >= 15 is 0 Å². The van der Waals surface area contributed by atoms with Crippen molar-refractivity contribution in [2.75, 3.05) is 12.0 Å². The van der Waals surface area contributed by atoms with Crippen molar-refractivity contribution in [1.29, 1.82) is 0 Å². The summed E-state index contributed by atoms with van der Waals surface area (Å²) in [5.41, 5.74) is 0.386. The number of ketones is 1. The van der Waals surface area contributed by atoms with Crippen molar-refractivity contribution in [1.82, 2.24) is 5.16 Å². The number of aliphatic hydroxyl groups excluding tert-OH is 1. The van der Waals surface area contributed by atoms with Crippen LogP contribution in [-0.2, 0) is 9.59 Å². The van der Waals surface area contributed by atoms with E-state index < -0.39 is 17.7 Å². The lowest BCUT2D eigenvalue weighted by Crippen LogP contribution is -2.29. The van der Waals surface area contributed by atoms with Crippen LogP contribution in [0.2, 0.25) is 0 Å². The number of rotatable bonds is 4. The molecule has 1 aliphatic heterocycles. The molecule has 1 fully saturated rings. The van der Waals surface area contributed by atoms with Gasteiger partial charge in [0.05, 0.1) is 12.7 Å². The molecule has 0 aliphatic carbocycles. The first-order chi connectivity index (χ1) is 13.5. The Morgan fingerprint density at radius 3 is 2.71 bits per heavy atom. The normalized spacial score (nSPS) is 18.6. The molecule has 1 N–H and O–H groups in total. The SMILES string of the molecule is COc1cccc(/C(O)=C2\C(=O)C(=O)N(c3cc(C)on3)[C@H]2c2cccs2)c1. The quantitative estimate of drug-likeness (QED) is 0.411. The van der Waals surface area contributed by atoms with Crippen LogP contribution in [0.4, 0.5) is 5.82 Å². The van der Waals surface area contributed by atoms with Crippen molar-refractivity contribution in [2.24, 2.45) is 0 Å². The lowest BCUT2D eigenvalue weighted by Gasteiger charge is -2.21. The highest BCUT2D eigenvalue weighted by Crippen LogP contribution is 2.43. The maximum Gasteiger partial charge on any atom is 0.301 e. The van der Waals surface area contributed by atoms with Gasteiger partial charge in [0.15, 0.2) is 5.82 Å². The minimum atomic E-state index is -0.796. The number of methoxy groups -OCH3 is 1. The maximum atomic E-state index is 12.9. The molecule has 0 saturated carbocycles. The predicted molar refractivity (Wildman–Crippen MR) is 103 cm³/mol. The molecule has 1 aliphatic rings. The van der Waals surface area contributed by atoms with Crippen molar-refractivity contribution < 1.29 is 24.0 Å². The Labute approximate surface area is 164 Å². The summed E-state index contributed by atoms with van der Waals surface area (Å²) in [5.74, 6) is -0.552. The number of carbonyl (C=O) groups excluding carboxylic acids is 2. The molecular formula is C20H16N2O5S. The number of nitrogens with zero attached hydrogens (tertiary/aromatic N) is 2. The van der Waals surface area contributed by atoms with Gasteiger partial charge in [0.25, 0.3) is 5.78 Å². The van der Waals surface area contributed by atoms with Gasteiger partial charge in [-0.1, -0.05) is 23.4 Å². The largest absolute Gasteiger partial charge is 0.507 e. The molecule has 2 aromatic heterocycles. The van der Waals surface area contributed by atoms with Crippen LogP contribution in [0.3, 0.4) is 0 Å². The summed E-state index contributed by atoms with van der Waals surface area (Å²) in [6, 6.07) is 11.1. The third-order valence-corrected chi connectivity index (χ3v) is 5.39. The zero-order chi connectivity index (χ0) is 19.8. The van der Waals surface area contributed by atoms with Crippen LogP contribution in [0.25, 0.3) is 5.76 Å². The van der Waals surface area contributed by atoms with Crippen molar-refractivity contribution in [3.05, 3.63) is 69.6 Å². The number of thiophene rings is 1. The number of carbonyl (C=O) groups is 2. The van der Waals surface area contributed by atoms with Crippen LogP contribution in [0.5, 0.6) is 5.75 Å². The fourth-order valence-corrected chi connectivity index (χ4v) is 4.00. The fraction of sp³-hybridized carbons (Fsp3) is 0.150. The fourth-order valence-electron chi connectivity index (χ4n) is 3.18. The van der Waals surface area contributed by atoms with Crippen LogP contribution in [0, 0.1) is 6.92 Å². The molecule has 3 aromatic rings. The smallest absolute Gasteiger partial charge is 0.301 e. The number of benzene rings is 1. The Balaban J connectivity index is 1.92. The highest BCUT2D eigenvalue weighted by atomic mass is 32.1. The minimum absolute atomic E-state index is 0.00126. The molecule has 28 heavy (non-hydrogen) atoms. The van der Waals surface area contributed by atoms with Gasteiger partial charge in [-0.05, 0) is 30.5 Å². The van der Waals surface area contributed by atoms with E-state index in [9.17, 15) is 14.7 Å². The third kappa shape index (κ3) is 2.87. The van der Waals surface area contributed by atoms with Crippen LogP contribution in [0.1, 0.15) is 22.2 Å². The second kappa shape index (κ2) is 6.97. The molecule has 0 unspecified atom stereocenters. The van der Waals surface area contributed by atoms with E-state index in [2.05, 4.69) is 5.16 Å². The van der Waals surface area contributed by atoms with Crippen molar-refractivity contribution in [3.8, 4) is 5.75 Å². The predicted octanol–water partition coefficient (Wildman–Crippen LogP) is 3.68. The Morgan fingerprint density at radius 1 is 1.25 bits per heavy atom. The number of ether oxygens (including phenoxy) is 1. The molecular weight excluding hydrogens is 380 g/mol. The number of hydrogen-bond donors (Lipinski definition) is 1. The molecule has 7 nitrogen and oxygen atoms in total. The van der Waals surface area contributed by atoms with Gasteiger partial charge < -0.3 is 14.4 Å². The first-order valence-electron chi connectivity index (χ1n) is 8.43. The topological polar surface area (TPSA) is 92.9 Å². The molecule has 1 amide bonds.